The van der Waals surface area contributed by atoms with Crippen LogP contribution in [-0.4, -0.2) is 24.7 Å². The highest BCUT2D eigenvalue weighted by molar-refractivity contribution is 6.31. The summed E-state index contributed by atoms with van der Waals surface area (Å²) in [7, 11) is 1.91. The second-order valence-corrected chi connectivity index (χ2v) is 4.12. The Kier molecular flexibility index (Phi) is 5.73. The summed E-state index contributed by atoms with van der Waals surface area (Å²) >= 11 is 6.00. The van der Waals surface area contributed by atoms with Crippen LogP contribution in [0.5, 0.6) is 0 Å². The standard InChI is InChI=1S/C13H16ClNO2/c1-15-7-3-2-4-10-5-6-11(9-13(16)17)12(14)8-10/h2,4-6,8,15H,3,7,9H2,1H3,(H,16,17). The Bertz CT molecular complexity index is 416. The van der Waals surface area contributed by atoms with Crippen molar-refractivity contribution in [1.82, 2.24) is 5.32 Å². The lowest BCUT2D eigenvalue weighted by atomic mass is 10.1. The first kappa shape index (κ1) is 13.7. The Morgan fingerprint density at radius 2 is 2.29 bits per heavy atom. The number of hydrogen-bond acceptors (Lipinski definition) is 2. The predicted octanol–water partition coefficient (Wildman–Crippen LogP) is 2.59. The monoisotopic (exact) mass is 253 g/mol. The number of nitrogens with one attached hydrogen (secondary N) is 1. The molecule has 0 aliphatic carbocycles. The van der Waals surface area contributed by atoms with Crippen molar-refractivity contribution in [1.29, 1.82) is 0 Å². The van der Waals surface area contributed by atoms with Gasteiger partial charge in [0.15, 0.2) is 0 Å². The number of carboxylic acid groups (broad SMARTS) is 1. The Hall–Kier alpha value is -1.32. The van der Waals surface area contributed by atoms with Crippen LogP contribution in [0.15, 0.2) is 24.3 Å². The summed E-state index contributed by atoms with van der Waals surface area (Å²) in [6.07, 6.45) is 4.94. The molecule has 0 unspecified atom stereocenters. The molecule has 92 valence electrons. The first-order valence-electron chi connectivity index (χ1n) is 5.45. The van der Waals surface area contributed by atoms with Gasteiger partial charge in [-0.25, -0.2) is 0 Å². The molecule has 0 radical (unpaired) electrons. The van der Waals surface area contributed by atoms with Gasteiger partial charge in [0.2, 0.25) is 0 Å². The fourth-order valence-electron chi connectivity index (χ4n) is 1.42. The molecule has 0 bridgehead atoms. The van der Waals surface area contributed by atoms with Crippen molar-refractivity contribution < 1.29 is 9.90 Å². The van der Waals surface area contributed by atoms with Crippen LogP contribution < -0.4 is 5.32 Å². The zero-order valence-corrected chi connectivity index (χ0v) is 10.5. The number of carboxylic acids is 1. The minimum Gasteiger partial charge on any atom is -0.481 e. The van der Waals surface area contributed by atoms with Crippen LogP contribution >= 0.6 is 11.6 Å². The maximum atomic E-state index is 10.6. The maximum Gasteiger partial charge on any atom is 0.307 e. The van der Waals surface area contributed by atoms with E-state index in [0.717, 1.165) is 18.5 Å². The summed E-state index contributed by atoms with van der Waals surface area (Å²) in [6.45, 7) is 0.932. The summed E-state index contributed by atoms with van der Waals surface area (Å²) in [5, 5.41) is 12.2. The summed E-state index contributed by atoms with van der Waals surface area (Å²) in [4.78, 5) is 10.6. The van der Waals surface area contributed by atoms with Gasteiger partial charge < -0.3 is 10.4 Å². The maximum absolute atomic E-state index is 10.6. The van der Waals surface area contributed by atoms with E-state index >= 15 is 0 Å². The predicted molar refractivity (Wildman–Crippen MR) is 70.4 cm³/mol. The summed E-state index contributed by atoms with van der Waals surface area (Å²) in [6, 6.07) is 5.42. The highest BCUT2D eigenvalue weighted by atomic mass is 35.5. The Morgan fingerprint density at radius 3 is 2.88 bits per heavy atom. The molecule has 0 heterocycles. The Morgan fingerprint density at radius 1 is 1.53 bits per heavy atom. The summed E-state index contributed by atoms with van der Waals surface area (Å²) < 4.78 is 0. The van der Waals surface area contributed by atoms with Gasteiger partial charge in [0, 0.05) is 5.02 Å². The molecular formula is C13H16ClNO2. The number of carbonyl (C=O) groups is 1. The fourth-order valence-corrected chi connectivity index (χ4v) is 1.68. The Labute approximate surface area is 106 Å². The molecule has 0 saturated carbocycles. The van der Waals surface area contributed by atoms with E-state index in [-0.39, 0.29) is 6.42 Å². The molecule has 17 heavy (non-hydrogen) atoms. The smallest absolute Gasteiger partial charge is 0.307 e. The number of rotatable bonds is 6. The average Bonchev–Trinajstić information content (AvgIpc) is 2.27. The van der Waals surface area contributed by atoms with Gasteiger partial charge in [-0.3, -0.25) is 4.79 Å². The first-order chi connectivity index (χ1) is 8.13. The second-order valence-electron chi connectivity index (χ2n) is 3.72. The van der Waals surface area contributed by atoms with E-state index in [1.165, 1.54) is 0 Å². The van der Waals surface area contributed by atoms with E-state index in [4.69, 9.17) is 16.7 Å². The third-order valence-corrected chi connectivity index (χ3v) is 2.64. The molecule has 0 aliphatic heterocycles. The quantitative estimate of drug-likeness (QED) is 0.766. The number of aliphatic carboxylic acids is 1. The molecule has 2 N–H and O–H groups in total. The molecule has 0 aromatic heterocycles. The van der Waals surface area contributed by atoms with E-state index in [1.807, 2.05) is 19.2 Å². The third kappa shape index (κ3) is 5.02. The lowest BCUT2D eigenvalue weighted by molar-refractivity contribution is -0.136. The molecule has 4 heteroatoms. The lowest BCUT2D eigenvalue weighted by Crippen LogP contribution is -2.05. The number of benzene rings is 1. The average molecular weight is 254 g/mol. The molecule has 0 atom stereocenters. The molecule has 0 amide bonds. The molecule has 1 aromatic carbocycles. The van der Waals surface area contributed by atoms with Crippen LogP contribution in [-0.2, 0) is 11.2 Å². The fraction of sp³-hybridized carbons (Fsp3) is 0.308. The van der Waals surface area contributed by atoms with Gasteiger partial charge in [0.1, 0.15) is 0 Å². The van der Waals surface area contributed by atoms with Crippen molar-refractivity contribution in [3.05, 3.63) is 40.4 Å². The van der Waals surface area contributed by atoms with E-state index < -0.39 is 5.97 Å². The highest BCUT2D eigenvalue weighted by Crippen LogP contribution is 2.19. The number of halogens is 1. The van der Waals surface area contributed by atoms with Crippen LogP contribution in [0, 0.1) is 0 Å². The normalized spacial score (nSPS) is 10.9. The summed E-state index contributed by atoms with van der Waals surface area (Å²) in [5.74, 6) is -0.871. The van der Waals surface area contributed by atoms with E-state index in [2.05, 4.69) is 11.4 Å². The lowest BCUT2D eigenvalue weighted by Gasteiger charge is -2.02. The molecular weight excluding hydrogens is 238 g/mol. The largest absolute Gasteiger partial charge is 0.481 e. The molecule has 0 aliphatic rings. The van der Waals surface area contributed by atoms with Gasteiger partial charge in [-0.15, -0.1) is 0 Å². The number of hydrogen-bond donors (Lipinski definition) is 2. The van der Waals surface area contributed by atoms with Gasteiger partial charge in [0.25, 0.3) is 0 Å². The molecule has 1 aromatic rings. The van der Waals surface area contributed by atoms with Gasteiger partial charge in [-0.05, 0) is 37.2 Å². The van der Waals surface area contributed by atoms with E-state index in [9.17, 15) is 4.79 Å². The van der Waals surface area contributed by atoms with Crippen molar-refractivity contribution >= 4 is 23.6 Å². The van der Waals surface area contributed by atoms with Crippen LogP contribution in [0.4, 0.5) is 0 Å². The Balaban J connectivity index is 2.68. The molecule has 0 fully saturated rings. The van der Waals surface area contributed by atoms with Crippen molar-refractivity contribution in [2.75, 3.05) is 13.6 Å². The topological polar surface area (TPSA) is 49.3 Å². The van der Waals surface area contributed by atoms with Crippen molar-refractivity contribution in [3.8, 4) is 0 Å². The third-order valence-electron chi connectivity index (χ3n) is 2.29. The van der Waals surface area contributed by atoms with Crippen LogP contribution in [0.25, 0.3) is 6.08 Å². The zero-order chi connectivity index (χ0) is 12.7. The van der Waals surface area contributed by atoms with Gasteiger partial charge in [-0.2, -0.15) is 0 Å². The van der Waals surface area contributed by atoms with E-state index in [1.54, 1.807) is 12.1 Å². The minimum atomic E-state index is -0.871. The first-order valence-corrected chi connectivity index (χ1v) is 5.82. The van der Waals surface area contributed by atoms with Gasteiger partial charge in [-0.1, -0.05) is 35.9 Å². The molecule has 0 spiro atoms. The van der Waals surface area contributed by atoms with Crippen molar-refractivity contribution in [2.24, 2.45) is 0 Å². The van der Waals surface area contributed by atoms with Crippen LogP contribution in [0.2, 0.25) is 5.02 Å². The molecule has 0 saturated heterocycles. The van der Waals surface area contributed by atoms with Crippen molar-refractivity contribution in [2.45, 2.75) is 12.8 Å². The van der Waals surface area contributed by atoms with Crippen LogP contribution in [0.1, 0.15) is 17.5 Å². The minimum absolute atomic E-state index is 0.0391. The van der Waals surface area contributed by atoms with Crippen LogP contribution in [0.3, 0.4) is 0 Å². The van der Waals surface area contributed by atoms with Gasteiger partial charge >= 0.3 is 5.97 Å². The van der Waals surface area contributed by atoms with Crippen molar-refractivity contribution in [3.63, 3.8) is 0 Å². The van der Waals surface area contributed by atoms with Gasteiger partial charge in [0.05, 0.1) is 6.42 Å². The highest BCUT2D eigenvalue weighted by Gasteiger charge is 2.05. The molecule has 1 rings (SSSR count). The summed E-state index contributed by atoms with van der Waals surface area (Å²) in [5.41, 5.74) is 1.63. The second kappa shape index (κ2) is 7.09. The SMILES string of the molecule is CNCCC=Cc1ccc(CC(=O)O)c(Cl)c1. The van der Waals surface area contributed by atoms with E-state index in [0.29, 0.717) is 10.6 Å². The molecule has 3 nitrogen and oxygen atoms in total. The zero-order valence-electron chi connectivity index (χ0n) is 9.74.